The third kappa shape index (κ3) is 2.74. The van der Waals surface area contributed by atoms with Crippen molar-refractivity contribution in [3.63, 3.8) is 0 Å². The van der Waals surface area contributed by atoms with Crippen molar-refractivity contribution in [2.75, 3.05) is 25.0 Å². The fourth-order valence-corrected chi connectivity index (χ4v) is 4.48. The summed E-state index contributed by atoms with van der Waals surface area (Å²) >= 11 is 0. The first-order valence-electron chi connectivity index (χ1n) is 9.52. The van der Waals surface area contributed by atoms with Crippen molar-refractivity contribution in [2.24, 2.45) is 5.41 Å². The average molecular weight is 413 g/mol. The van der Waals surface area contributed by atoms with Crippen molar-refractivity contribution in [3.05, 3.63) is 65.1 Å². The Bertz CT molecular complexity index is 1180. The van der Waals surface area contributed by atoms with E-state index in [1.807, 2.05) is 25.1 Å². The molecule has 1 aromatic heterocycles. The van der Waals surface area contributed by atoms with E-state index >= 15 is 0 Å². The fourth-order valence-electron chi connectivity index (χ4n) is 4.48. The summed E-state index contributed by atoms with van der Waals surface area (Å²) in [6.45, 7) is 3.80. The van der Waals surface area contributed by atoms with E-state index in [1.54, 1.807) is 11.1 Å². The maximum absolute atomic E-state index is 14.1. The van der Waals surface area contributed by atoms with Gasteiger partial charge < -0.3 is 15.0 Å². The van der Waals surface area contributed by atoms with Gasteiger partial charge in [-0.25, -0.2) is 18.2 Å². The molecule has 2 aliphatic rings. The van der Waals surface area contributed by atoms with Crippen molar-refractivity contribution >= 4 is 28.7 Å². The zero-order chi connectivity index (χ0) is 21.0. The van der Waals surface area contributed by atoms with E-state index in [0.717, 1.165) is 29.0 Å². The summed E-state index contributed by atoms with van der Waals surface area (Å²) < 4.78 is 46.9. The normalized spacial score (nSPS) is 19.5. The maximum atomic E-state index is 14.1. The van der Waals surface area contributed by atoms with Crippen molar-refractivity contribution < 1.29 is 22.7 Å². The smallest absolute Gasteiger partial charge is 0.209 e. The Labute approximate surface area is 170 Å². The Kier molecular flexibility index (Phi) is 4.21. The second-order valence-corrected chi connectivity index (χ2v) is 7.99. The summed E-state index contributed by atoms with van der Waals surface area (Å²) in [7, 11) is 0. The molecule has 0 aliphatic carbocycles. The number of carbonyl (C=O) groups is 1. The number of halogens is 3. The lowest BCUT2D eigenvalue weighted by Crippen LogP contribution is -2.66. The van der Waals surface area contributed by atoms with E-state index in [9.17, 15) is 18.0 Å². The van der Waals surface area contributed by atoms with Gasteiger partial charge >= 0.3 is 0 Å². The van der Waals surface area contributed by atoms with Crippen LogP contribution in [0.25, 0.3) is 10.8 Å². The molecule has 2 saturated heterocycles. The molecule has 1 spiro atoms. The van der Waals surface area contributed by atoms with Crippen LogP contribution in [0.1, 0.15) is 17.2 Å². The molecule has 3 aromatic rings. The van der Waals surface area contributed by atoms with E-state index in [0.29, 0.717) is 37.0 Å². The molecule has 1 unspecified atom stereocenters. The molecule has 0 radical (unpaired) electrons. The molecule has 2 aromatic carbocycles. The van der Waals surface area contributed by atoms with Crippen molar-refractivity contribution in [1.29, 1.82) is 0 Å². The predicted molar refractivity (Wildman–Crippen MR) is 105 cm³/mol. The summed E-state index contributed by atoms with van der Waals surface area (Å²) in [5.74, 6) is -2.98. The zero-order valence-corrected chi connectivity index (χ0v) is 16.1. The van der Waals surface area contributed by atoms with Crippen LogP contribution in [0.3, 0.4) is 0 Å². The van der Waals surface area contributed by atoms with Gasteiger partial charge in [-0.3, -0.25) is 4.79 Å². The minimum Gasteiger partial charge on any atom is -0.372 e. The number of carbonyl (C=O) groups excluding carboxylic acids is 1. The van der Waals surface area contributed by atoms with Crippen LogP contribution in [-0.2, 0) is 9.53 Å². The summed E-state index contributed by atoms with van der Waals surface area (Å²) in [4.78, 5) is 17.2. The largest absolute Gasteiger partial charge is 0.372 e. The van der Waals surface area contributed by atoms with Crippen molar-refractivity contribution in [3.8, 4) is 0 Å². The number of anilines is 2. The fraction of sp³-hybridized carbons (Fsp3) is 0.273. The number of ether oxygens (including phenoxy) is 1. The first kappa shape index (κ1) is 18.9. The number of pyridine rings is 1. The number of aryl methyl sites for hydroxylation is 1. The third-order valence-electron chi connectivity index (χ3n) is 5.97. The molecular weight excluding hydrogens is 395 g/mol. The molecular formula is C22H18F3N3O2. The number of rotatable bonds is 4. The van der Waals surface area contributed by atoms with Crippen LogP contribution in [0.4, 0.5) is 24.7 Å². The Hall–Kier alpha value is -3.13. The van der Waals surface area contributed by atoms with E-state index in [-0.39, 0.29) is 17.2 Å². The molecule has 2 fully saturated rings. The molecule has 154 valence electrons. The van der Waals surface area contributed by atoms with Gasteiger partial charge in [-0.1, -0.05) is 18.2 Å². The summed E-state index contributed by atoms with van der Waals surface area (Å²) in [6.07, 6.45) is 2.31. The topological polar surface area (TPSA) is 54.5 Å². The van der Waals surface area contributed by atoms with Crippen LogP contribution in [0.15, 0.2) is 36.5 Å². The monoisotopic (exact) mass is 413 g/mol. The Morgan fingerprint density at radius 1 is 1.20 bits per heavy atom. The first-order valence-corrected chi connectivity index (χ1v) is 9.52. The highest BCUT2D eigenvalue weighted by atomic mass is 19.2. The van der Waals surface area contributed by atoms with Crippen molar-refractivity contribution in [2.45, 2.75) is 13.0 Å². The van der Waals surface area contributed by atoms with Crippen LogP contribution in [-0.4, -0.2) is 36.0 Å². The van der Waals surface area contributed by atoms with Gasteiger partial charge in [0.15, 0.2) is 11.6 Å². The quantitative estimate of drug-likeness (QED) is 0.514. The number of nitrogens with one attached hydrogen (secondary N) is 1. The Morgan fingerprint density at radius 2 is 1.97 bits per heavy atom. The maximum Gasteiger partial charge on any atom is 0.209 e. The third-order valence-corrected chi connectivity index (χ3v) is 5.97. The number of amides is 1. The van der Waals surface area contributed by atoms with Crippen LogP contribution in [0, 0.1) is 29.8 Å². The molecule has 0 saturated carbocycles. The van der Waals surface area contributed by atoms with E-state index in [4.69, 9.17) is 4.74 Å². The molecule has 1 atom stereocenters. The van der Waals surface area contributed by atoms with Gasteiger partial charge in [-0.2, -0.15) is 0 Å². The zero-order valence-electron chi connectivity index (χ0n) is 16.1. The van der Waals surface area contributed by atoms with Gasteiger partial charge in [-0.05, 0) is 17.9 Å². The van der Waals surface area contributed by atoms with Crippen LogP contribution < -0.4 is 5.32 Å². The minimum atomic E-state index is -1.25. The Balaban J connectivity index is 1.57. The SMILES string of the molecule is Cc1cccc2c(Nc3cc(F)c(F)cc3F)ncc(C3OCC34CN(C=O)C4)c12. The summed E-state index contributed by atoms with van der Waals surface area (Å²) in [6, 6.07) is 6.92. The van der Waals surface area contributed by atoms with Crippen LogP contribution in [0.5, 0.6) is 0 Å². The number of likely N-dealkylation sites (tertiary alicyclic amines) is 1. The van der Waals surface area contributed by atoms with Gasteiger partial charge in [0.05, 0.1) is 23.8 Å². The summed E-state index contributed by atoms with van der Waals surface area (Å²) in [5, 5.41) is 4.41. The van der Waals surface area contributed by atoms with E-state index < -0.39 is 17.5 Å². The molecule has 1 amide bonds. The number of aromatic nitrogens is 1. The van der Waals surface area contributed by atoms with Crippen LogP contribution in [0.2, 0.25) is 0 Å². The molecule has 1 N–H and O–H groups in total. The molecule has 5 nitrogen and oxygen atoms in total. The van der Waals surface area contributed by atoms with Crippen molar-refractivity contribution in [1.82, 2.24) is 9.88 Å². The van der Waals surface area contributed by atoms with Gasteiger partial charge in [0.2, 0.25) is 6.41 Å². The predicted octanol–water partition coefficient (Wildman–Crippen LogP) is 4.23. The number of benzene rings is 2. The van der Waals surface area contributed by atoms with Gasteiger partial charge in [0.25, 0.3) is 0 Å². The van der Waals surface area contributed by atoms with E-state index in [1.165, 1.54) is 0 Å². The summed E-state index contributed by atoms with van der Waals surface area (Å²) in [5.41, 5.74) is 1.57. The average Bonchev–Trinajstić information content (AvgIpc) is 2.66. The highest BCUT2D eigenvalue weighted by Crippen LogP contribution is 2.53. The molecule has 0 bridgehead atoms. The Morgan fingerprint density at radius 3 is 2.67 bits per heavy atom. The minimum absolute atomic E-state index is 0.112. The van der Waals surface area contributed by atoms with E-state index in [2.05, 4.69) is 10.3 Å². The molecule has 5 rings (SSSR count). The lowest BCUT2D eigenvalue weighted by atomic mass is 9.69. The second-order valence-electron chi connectivity index (χ2n) is 7.99. The van der Waals surface area contributed by atoms with Crippen LogP contribution >= 0.6 is 0 Å². The number of fused-ring (bicyclic) bond motifs is 1. The highest BCUT2D eigenvalue weighted by Gasteiger charge is 2.57. The lowest BCUT2D eigenvalue weighted by Gasteiger charge is -2.59. The van der Waals surface area contributed by atoms with Gasteiger partial charge in [-0.15, -0.1) is 0 Å². The standard InChI is InChI=1S/C22H18F3N3O2/c1-12-3-2-4-13-19(12)14(20-22(10-30-20)8-28(9-22)11-29)7-26-21(13)27-18-6-16(24)15(23)5-17(18)25/h2-7,11,20H,8-10H2,1H3,(H,26,27). The number of hydrogen-bond donors (Lipinski definition) is 1. The molecule has 8 heteroatoms. The molecule has 3 heterocycles. The number of hydrogen-bond acceptors (Lipinski definition) is 4. The molecule has 30 heavy (non-hydrogen) atoms. The highest BCUT2D eigenvalue weighted by molar-refractivity contribution is 5.97. The van der Waals surface area contributed by atoms with Gasteiger partial charge in [0, 0.05) is 42.4 Å². The van der Waals surface area contributed by atoms with Gasteiger partial charge in [0.1, 0.15) is 11.6 Å². The number of nitrogens with zero attached hydrogens (tertiary/aromatic N) is 2. The first-order chi connectivity index (χ1) is 14.4. The lowest BCUT2D eigenvalue weighted by molar-refractivity contribution is -0.244. The molecule has 2 aliphatic heterocycles. The second kappa shape index (κ2) is 6.70.